The van der Waals surface area contributed by atoms with E-state index in [0.717, 1.165) is 16.8 Å². The van der Waals surface area contributed by atoms with Gasteiger partial charge < -0.3 is 10.2 Å². The third-order valence-corrected chi connectivity index (χ3v) is 4.00. The fraction of sp³-hybridized carbons (Fsp3) is 0.222. The number of aryl methyl sites for hydroxylation is 2. The number of nitrogens with one attached hydrogen (secondary N) is 1. The molecule has 7 nitrogen and oxygen atoms in total. The smallest absolute Gasteiger partial charge is 0.254 e. The first-order valence-corrected chi connectivity index (χ1v) is 7.86. The molecule has 0 aliphatic heterocycles. The molecule has 0 atom stereocenters. The van der Waals surface area contributed by atoms with Gasteiger partial charge in [0.25, 0.3) is 5.91 Å². The van der Waals surface area contributed by atoms with Crippen LogP contribution in [0.15, 0.2) is 42.5 Å². The van der Waals surface area contributed by atoms with E-state index in [1.165, 1.54) is 4.90 Å². The highest BCUT2D eigenvalue weighted by Crippen LogP contribution is 2.15. The number of anilines is 1. The van der Waals surface area contributed by atoms with Crippen molar-refractivity contribution in [1.29, 1.82) is 0 Å². The molecular formula is C18H19N5O2. The Hall–Kier alpha value is -3.22. The predicted octanol–water partition coefficient (Wildman–Crippen LogP) is 1.99. The monoisotopic (exact) mass is 337 g/mol. The lowest BCUT2D eigenvalue weighted by molar-refractivity contribution is -0.116. The van der Waals surface area contributed by atoms with E-state index in [1.807, 2.05) is 31.2 Å². The minimum atomic E-state index is -0.245. The van der Waals surface area contributed by atoms with Crippen molar-refractivity contribution in [2.75, 3.05) is 18.9 Å². The van der Waals surface area contributed by atoms with Gasteiger partial charge in [-0.05, 0) is 36.8 Å². The Morgan fingerprint density at radius 2 is 1.96 bits per heavy atom. The summed E-state index contributed by atoms with van der Waals surface area (Å²) < 4.78 is 1.64. The Labute approximate surface area is 145 Å². The van der Waals surface area contributed by atoms with Crippen molar-refractivity contribution in [2.45, 2.75) is 6.92 Å². The molecule has 0 saturated heterocycles. The van der Waals surface area contributed by atoms with E-state index >= 15 is 0 Å². The van der Waals surface area contributed by atoms with Crippen LogP contribution in [0.1, 0.15) is 15.9 Å². The maximum Gasteiger partial charge on any atom is 0.254 e. The number of aromatic nitrogens is 3. The first-order chi connectivity index (χ1) is 12.0. The zero-order valence-corrected chi connectivity index (χ0v) is 14.4. The second kappa shape index (κ2) is 6.72. The molecule has 1 N–H and O–H groups in total. The number of para-hydroxylation sites is 1. The van der Waals surface area contributed by atoms with Crippen molar-refractivity contribution in [1.82, 2.24) is 19.9 Å². The average molecular weight is 337 g/mol. The van der Waals surface area contributed by atoms with Crippen LogP contribution in [0, 0.1) is 6.92 Å². The van der Waals surface area contributed by atoms with Crippen molar-refractivity contribution in [3.63, 3.8) is 0 Å². The summed E-state index contributed by atoms with van der Waals surface area (Å²) in [5.41, 5.74) is 3.68. The lowest BCUT2D eigenvalue weighted by Crippen LogP contribution is -2.35. The van der Waals surface area contributed by atoms with Crippen LogP contribution in [-0.2, 0) is 11.8 Å². The molecule has 1 aromatic heterocycles. The minimum Gasteiger partial charge on any atom is -0.332 e. The summed E-state index contributed by atoms with van der Waals surface area (Å²) in [7, 11) is 3.39. The summed E-state index contributed by atoms with van der Waals surface area (Å²) in [5, 5.41) is 10.8. The Morgan fingerprint density at radius 3 is 2.72 bits per heavy atom. The molecular weight excluding hydrogens is 318 g/mol. The molecule has 25 heavy (non-hydrogen) atoms. The van der Waals surface area contributed by atoms with Gasteiger partial charge in [-0.2, -0.15) is 0 Å². The van der Waals surface area contributed by atoms with Gasteiger partial charge in [-0.25, -0.2) is 4.68 Å². The van der Waals surface area contributed by atoms with Gasteiger partial charge in [-0.1, -0.05) is 23.4 Å². The van der Waals surface area contributed by atoms with Gasteiger partial charge in [0, 0.05) is 25.3 Å². The highest BCUT2D eigenvalue weighted by Gasteiger charge is 2.16. The van der Waals surface area contributed by atoms with Crippen molar-refractivity contribution in [3.05, 3.63) is 53.6 Å². The van der Waals surface area contributed by atoms with Gasteiger partial charge in [0.15, 0.2) is 0 Å². The third kappa shape index (κ3) is 3.50. The van der Waals surface area contributed by atoms with Gasteiger partial charge in [-0.3, -0.25) is 9.59 Å². The topological polar surface area (TPSA) is 80.1 Å². The predicted molar refractivity (Wildman–Crippen MR) is 95.3 cm³/mol. The fourth-order valence-corrected chi connectivity index (χ4v) is 2.58. The first kappa shape index (κ1) is 16.6. The normalized spacial score (nSPS) is 10.7. The lowest BCUT2D eigenvalue weighted by Gasteiger charge is -2.17. The number of hydrogen-bond donors (Lipinski definition) is 1. The maximum atomic E-state index is 12.5. The number of carbonyl (C=O) groups is 2. The van der Waals surface area contributed by atoms with Crippen LogP contribution in [0.5, 0.6) is 0 Å². The molecule has 0 aliphatic rings. The van der Waals surface area contributed by atoms with Gasteiger partial charge in [0.1, 0.15) is 5.52 Å². The molecule has 0 bridgehead atoms. The molecule has 3 rings (SSSR count). The van der Waals surface area contributed by atoms with E-state index in [9.17, 15) is 9.59 Å². The molecule has 2 aromatic carbocycles. The number of nitrogens with zero attached hydrogens (tertiary/aromatic N) is 4. The van der Waals surface area contributed by atoms with Crippen LogP contribution >= 0.6 is 0 Å². The van der Waals surface area contributed by atoms with Crippen LogP contribution in [0.4, 0.5) is 5.69 Å². The zero-order valence-electron chi connectivity index (χ0n) is 14.4. The summed E-state index contributed by atoms with van der Waals surface area (Å²) in [5.74, 6) is -0.488. The highest BCUT2D eigenvalue weighted by molar-refractivity contribution is 6.01. The van der Waals surface area contributed by atoms with E-state index < -0.39 is 0 Å². The summed E-state index contributed by atoms with van der Waals surface area (Å²) in [6.45, 7) is 1.88. The molecule has 0 unspecified atom stereocenters. The molecule has 0 aliphatic carbocycles. The summed E-state index contributed by atoms with van der Waals surface area (Å²) in [6, 6.07) is 12.7. The molecule has 2 amide bonds. The summed E-state index contributed by atoms with van der Waals surface area (Å²) in [6.07, 6.45) is 0. The standard InChI is InChI=1S/C18H19N5O2/c1-12-6-4-5-7-14(12)19-17(24)11-22(2)18(25)13-8-9-16-15(10-13)20-21-23(16)3/h4-10H,11H2,1-3H3,(H,19,24). The number of likely N-dealkylation sites (N-methyl/N-ethyl adjacent to an activating group) is 1. The molecule has 0 fully saturated rings. The van der Waals surface area contributed by atoms with E-state index in [1.54, 1.807) is 37.0 Å². The third-order valence-electron chi connectivity index (χ3n) is 4.00. The maximum absolute atomic E-state index is 12.5. The van der Waals surface area contributed by atoms with Crippen LogP contribution < -0.4 is 5.32 Å². The number of fused-ring (bicyclic) bond motifs is 1. The molecule has 1 heterocycles. The van der Waals surface area contributed by atoms with E-state index in [-0.39, 0.29) is 18.4 Å². The van der Waals surface area contributed by atoms with Crippen molar-refractivity contribution in [3.8, 4) is 0 Å². The number of carbonyl (C=O) groups excluding carboxylic acids is 2. The van der Waals surface area contributed by atoms with Gasteiger partial charge >= 0.3 is 0 Å². The Morgan fingerprint density at radius 1 is 1.20 bits per heavy atom. The number of amides is 2. The van der Waals surface area contributed by atoms with Crippen LogP contribution in [-0.4, -0.2) is 45.3 Å². The second-order valence-corrected chi connectivity index (χ2v) is 5.94. The summed E-state index contributed by atoms with van der Waals surface area (Å²) >= 11 is 0. The fourth-order valence-electron chi connectivity index (χ4n) is 2.58. The van der Waals surface area contributed by atoms with Crippen molar-refractivity contribution >= 4 is 28.5 Å². The van der Waals surface area contributed by atoms with Gasteiger partial charge in [0.05, 0.1) is 12.1 Å². The van der Waals surface area contributed by atoms with E-state index in [2.05, 4.69) is 15.6 Å². The average Bonchev–Trinajstić information content (AvgIpc) is 2.96. The molecule has 7 heteroatoms. The minimum absolute atomic E-state index is 0.0360. The van der Waals surface area contributed by atoms with Crippen molar-refractivity contribution in [2.24, 2.45) is 7.05 Å². The lowest BCUT2D eigenvalue weighted by atomic mass is 10.1. The zero-order chi connectivity index (χ0) is 18.0. The molecule has 0 saturated carbocycles. The first-order valence-electron chi connectivity index (χ1n) is 7.86. The quantitative estimate of drug-likeness (QED) is 0.789. The molecule has 128 valence electrons. The molecule has 0 spiro atoms. The summed E-state index contributed by atoms with van der Waals surface area (Å²) in [4.78, 5) is 26.1. The SMILES string of the molecule is Cc1ccccc1NC(=O)CN(C)C(=O)c1ccc2c(c1)nnn2C. The van der Waals surface area contributed by atoms with Crippen LogP contribution in [0.3, 0.4) is 0 Å². The van der Waals surface area contributed by atoms with Crippen LogP contribution in [0.25, 0.3) is 11.0 Å². The Kier molecular flexibility index (Phi) is 4.47. The number of rotatable bonds is 4. The van der Waals surface area contributed by atoms with E-state index in [0.29, 0.717) is 11.1 Å². The highest BCUT2D eigenvalue weighted by atomic mass is 16.2. The molecule has 3 aromatic rings. The van der Waals surface area contributed by atoms with Gasteiger partial charge in [-0.15, -0.1) is 5.10 Å². The largest absolute Gasteiger partial charge is 0.332 e. The van der Waals surface area contributed by atoms with E-state index in [4.69, 9.17) is 0 Å². The Balaban J connectivity index is 1.69. The van der Waals surface area contributed by atoms with Gasteiger partial charge in [0.2, 0.25) is 5.91 Å². The Bertz CT molecular complexity index is 948. The second-order valence-electron chi connectivity index (χ2n) is 5.94. The number of hydrogen-bond acceptors (Lipinski definition) is 4. The number of benzene rings is 2. The van der Waals surface area contributed by atoms with Crippen LogP contribution in [0.2, 0.25) is 0 Å². The molecule has 0 radical (unpaired) electrons. The van der Waals surface area contributed by atoms with Crippen molar-refractivity contribution < 1.29 is 9.59 Å².